The van der Waals surface area contributed by atoms with Gasteiger partial charge in [0.05, 0.1) is 4.90 Å². The van der Waals surface area contributed by atoms with E-state index in [-0.39, 0.29) is 4.90 Å². The maximum Gasteiger partial charge on any atom is 0.142 e. The summed E-state index contributed by atoms with van der Waals surface area (Å²) in [5, 5.41) is 18.9. The summed E-state index contributed by atoms with van der Waals surface area (Å²) >= 11 is 0. The lowest BCUT2D eigenvalue weighted by atomic mass is 10.1. The Morgan fingerprint density at radius 3 is 1.60 bits per heavy atom. The molecule has 2 N–H and O–H groups in total. The Morgan fingerprint density at radius 2 is 1.17 bits per heavy atom. The molecule has 0 aliphatic carbocycles. The maximum absolute atomic E-state index is 10.4. The van der Waals surface area contributed by atoms with Crippen LogP contribution in [0.25, 0.3) is 0 Å². The number of rotatable bonds is 19. The van der Waals surface area contributed by atoms with Crippen LogP contribution in [-0.4, -0.2) is 41.3 Å². The van der Waals surface area contributed by atoms with E-state index in [1.807, 2.05) is 6.92 Å². The summed E-state index contributed by atoms with van der Waals surface area (Å²) in [6.45, 7) is 6.71. The van der Waals surface area contributed by atoms with Gasteiger partial charge in [-0.3, -0.25) is 0 Å². The quantitative estimate of drug-likeness (QED) is 0.0643. The molecule has 1 aromatic rings. The second-order valence-corrected chi connectivity index (χ2v) is 10.9. The Hall–Kier alpha value is -1.25. The summed E-state index contributed by atoms with van der Waals surface area (Å²) in [5.41, 5.74) is 0.928. The standard InChI is InChI=1S/C21H44NO2.C7H8O3S/c1-3-5-6-7-8-9-10-11-12-13-14-15-16-17-18-19-20-21-22(23,24)4-2;1-6-2-4-7(5-3-6)11(8,9)10/h11-12,23-24H,3-10,13-21H2,1-2H3;2-5H,1H3,(H,8,9,10)/q+1;/p-1/b12-11-;. The van der Waals surface area contributed by atoms with Crippen LogP contribution in [0.2, 0.25) is 0 Å². The van der Waals surface area contributed by atoms with Crippen molar-refractivity contribution in [3.8, 4) is 0 Å². The normalized spacial score (nSPS) is 12.1. The smallest absolute Gasteiger partial charge is 0.142 e. The van der Waals surface area contributed by atoms with Crippen LogP contribution in [0.1, 0.15) is 116 Å². The number of unbranched alkanes of at least 4 members (excludes halogenated alkanes) is 13. The molecule has 0 saturated carbocycles. The molecule has 7 heteroatoms. The zero-order chi connectivity index (χ0) is 26.4. The van der Waals surface area contributed by atoms with Crippen molar-refractivity contribution in [1.29, 1.82) is 0 Å². The molecule has 0 heterocycles. The molecule has 0 saturated heterocycles. The number of allylic oxidation sites excluding steroid dienone is 2. The first-order valence-corrected chi connectivity index (χ1v) is 15.0. The van der Waals surface area contributed by atoms with Crippen LogP contribution < -0.4 is 0 Å². The van der Waals surface area contributed by atoms with Crippen molar-refractivity contribution in [1.82, 2.24) is 0 Å². The van der Waals surface area contributed by atoms with E-state index in [0.29, 0.717) is 13.1 Å². The molecular weight excluding hydrogens is 462 g/mol. The van der Waals surface area contributed by atoms with Crippen LogP contribution >= 0.6 is 0 Å². The number of nitrogens with zero attached hydrogens (tertiary/aromatic N) is 1. The Morgan fingerprint density at radius 1 is 0.743 bits per heavy atom. The van der Waals surface area contributed by atoms with Gasteiger partial charge in [0, 0.05) is 6.42 Å². The average Bonchev–Trinajstić information content (AvgIpc) is 2.81. The molecule has 0 fully saturated rings. The van der Waals surface area contributed by atoms with Gasteiger partial charge in [-0.25, -0.2) is 8.42 Å². The van der Waals surface area contributed by atoms with Gasteiger partial charge >= 0.3 is 0 Å². The fourth-order valence-corrected chi connectivity index (χ4v) is 4.12. The molecular formula is C28H51NO5S. The van der Waals surface area contributed by atoms with Crippen molar-refractivity contribution in [2.45, 2.75) is 122 Å². The van der Waals surface area contributed by atoms with Crippen LogP contribution in [0, 0.1) is 6.92 Å². The maximum atomic E-state index is 10.4. The van der Waals surface area contributed by atoms with E-state index >= 15 is 0 Å². The van der Waals surface area contributed by atoms with Gasteiger partial charge in [0.2, 0.25) is 0 Å². The van der Waals surface area contributed by atoms with E-state index in [1.165, 1.54) is 95.6 Å². The molecule has 1 rings (SSSR count). The molecule has 0 amide bonds. The van der Waals surface area contributed by atoms with Crippen LogP contribution in [0.3, 0.4) is 0 Å². The second-order valence-electron chi connectivity index (χ2n) is 9.48. The minimum absolute atomic E-state index is 0.178. The Balaban J connectivity index is 0.000000867. The molecule has 0 radical (unpaired) electrons. The summed E-state index contributed by atoms with van der Waals surface area (Å²) < 4.78 is 31.2. The first kappa shape index (κ1) is 33.8. The van der Waals surface area contributed by atoms with Gasteiger partial charge in [-0.05, 0) is 62.9 Å². The van der Waals surface area contributed by atoms with Gasteiger partial charge in [0.15, 0.2) is 0 Å². The van der Waals surface area contributed by atoms with Gasteiger partial charge in [-0.1, -0.05) is 94.6 Å². The van der Waals surface area contributed by atoms with E-state index in [1.54, 1.807) is 19.1 Å². The van der Waals surface area contributed by atoms with Crippen LogP contribution in [-0.2, 0) is 10.1 Å². The van der Waals surface area contributed by atoms with E-state index in [4.69, 9.17) is 0 Å². The Labute approximate surface area is 215 Å². The minimum Gasteiger partial charge on any atom is -0.744 e. The Kier molecular flexibility index (Phi) is 20.1. The lowest BCUT2D eigenvalue weighted by Crippen LogP contribution is -2.41. The van der Waals surface area contributed by atoms with E-state index in [9.17, 15) is 23.4 Å². The van der Waals surface area contributed by atoms with E-state index in [0.717, 1.165) is 18.4 Å². The monoisotopic (exact) mass is 513 g/mol. The van der Waals surface area contributed by atoms with Crippen LogP contribution in [0.4, 0.5) is 0 Å². The van der Waals surface area contributed by atoms with Gasteiger partial charge < -0.3 is 4.55 Å². The van der Waals surface area contributed by atoms with Gasteiger partial charge in [-0.2, -0.15) is 10.4 Å². The topological polar surface area (TPSA) is 97.7 Å². The highest BCUT2D eigenvalue weighted by atomic mass is 32.2. The lowest BCUT2D eigenvalue weighted by Gasteiger charge is -2.18. The molecule has 0 aromatic heterocycles. The number of quaternary nitrogens is 1. The number of aryl methyl sites for hydroxylation is 1. The predicted molar refractivity (Wildman–Crippen MR) is 142 cm³/mol. The summed E-state index contributed by atoms with van der Waals surface area (Å²) in [5.74, 6) is 0. The molecule has 0 atom stereocenters. The van der Waals surface area contributed by atoms with Gasteiger partial charge in [0.25, 0.3) is 0 Å². The van der Waals surface area contributed by atoms with Crippen LogP contribution in [0.15, 0.2) is 41.3 Å². The summed E-state index contributed by atoms with van der Waals surface area (Å²) in [4.78, 5) is -0.992. The number of benzene rings is 1. The molecule has 1 aromatic carbocycles. The van der Waals surface area contributed by atoms with Crippen molar-refractivity contribution >= 4 is 10.1 Å². The highest BCUT2D eigenvalue weighted by Crippen LogP contribution is 2.11. The molecule has 0 bridgehead atoms. The molecule has 0 unspecified atom stereocenters. The lowest BCUT2D eigenvalue weighted by molar-refractivity contribution is -1.24. The molecule has 204 valence electrons. The van der Waals surface area contributed by atoms with Crippen molar-refractivity contribution in [3.63, 3.8) is 0 Å². The van der Waals surface area contributed by atoms with Crippen molar-refractivity contribution in [2.24, 2.45) is 0 Å². The largest absolute Gasteiger partial charge is 0.744 e. The number of hydroxylamine groups is 4. The first-order chi connectivity index (χ1) is 16.6. The molecule has 6 nitrogen and oxygen atoms in total. The predicted octanol–water partition coefficient (Wildman–Crippen LogP) is 7.93. The second kappa shape index (κ2) is 20.9. The third-order valence-corrected chi connectivity index (χ3v) is 6.94. The molecule has 0 aliphatic rings. The fourth-order valence-electron chi connectivity index (χ4n) is 3.65. The SMILES string of the molecule is CCCCCCCC/C=C\CCCCCCCCC[N+](O)(O)CC.Cc1ccc(S(=O)(=O)[O-])cc1. The fraction of sp³-hybridized carbons (Fsp3) is 0.714. The molecule has 35 heavy (non-hydrogen) atoms. The average molecular weight is 514 g/mol. The highest BCUT2D eigenvalue weighted by Gasteiger charge is 2.17. The van der Waals surface area contributed by atoms with Crippen molar-refractivity contribution < 1.29 is 28.2 Å². The molecule has 0 spiro atoms. The molecule has 0 aliphatic heterocycles. The van der Waals surface area contributed by atoms with Crippen LogP contribution in [0.5, 0.6) is 0 Å². The van der Waals surface area contributed by atoms with Gasteiger partial charge in [-0.15, -0.1) is 0 Å². The van der Waals surface area contributed by atoms with Crippen molar-refractivity contribution in [3.05, 3.63) is 42.0 Å². The first-order valence-electron chi connectivity index (χ1n) is 13.6. The summed E-state index contributed by atoms with van der Waals surface area (Å²) in [6, 6.07) is 5.78. The third-order valence-electron chi connectivity index (χ3n) is 6.09. The van der Waals surface area contributed by atoms with Crippen molar-refractivity contribution in [2.75, 3.05) is 13.1 Å². The third kappa shape index (κ3) is 21.7. The minimum atomic E-state index is -4.27. The summed E-state index contributed by atoms with van der Waals surface area (Å²) in [7, 11) is -4.27. The zero-order valence-electron chi connectivity index (χ0n) is 22.5. The number of hydrogen-bond donors (Lipinski definition) is 2. The Bertz CT molecular complexity index is 745. The van der Waals surface area contributed by atoms with E-state index < -0.39 is 14.9 Å². The highest BCUT2D eigenvalue weighted by molar-refractivity contribution is 7.85. The number of hydrogen-bond acceptors (Lipinski definition) is 5. The zero-order valence-corrected chi connectivity index (χ0v) is 23.3. The van der Waals surface area contributed by atoms with Gasteiger partial charge in [0.1, 0.15) is 23.2 Å². The van der Waals surface area contributed by atoms with E-state index in [2.05, 4.69) is 19.1 Å². The summed E-state index contributed by atoms with van der Waals surface area (Å²) in [6.07, 6.45) is 24.1.